The lowest BCUT2D eigenvalue weighted by atomic mass is 9.80. The number of rotatable bonds is 4. The summed E-state index contributed by atoms with van der Waals surface area (Å²) in [6.45, 7) is 9.93. The molecule has 21 heavy (non-hydrogen) atoms. The van der Waals surface area contributed by atoms with Gasteiger partial charge in [0.2, 0.25) is 0 Å². The summed E-state index contributed by atoms with van der Waals surface area (Å²) < 4.78 is 2.19. The number of hydrogen-bond donors (Lipinski definition) is 1. The number of piperazine rings is 1. The van der Waals surface area contributed by atoms with Gasteiger partial charge in [-0.25, -0.2) is 0 Å². The summed E-state index contributed by atoms with van der Waals surface area (Å²) in [5, 5.41) is 8.52. The second-order valence-electron chi connectivity index (χ2n) is 6.77. The first kappa shape index (κ1) is 15.0. The minimum Gasteiger partial charge on any atom is -0.309 e. The zero-order valence-electron chi connectivity index (χ0n) is 13.7. The van der Waals surface area contributed by atoms with Crippen LogP contribution in [0.5, 0.6) is 0 Å². The Balaban J connectivity index is 1.68. The van der Waals surface area contributed by atoms with Gasteiger partial charge in [-0.1, -0.05) is 26.2 Å². The molecular weight excluding hydrogens is 260 g/mol. The fourth-order valence-corrected chi connectivity index (χ4v) is 4.06. The van der Waals surface area contributed by atoms with Crippen molar-refractivity contribution in [2.45, 2.75) is 71.0 Å². The molecule has 3 rings (SSSR count). The van der Waals surface area contributed by atoms with Crippen molar-refractivity contribution in [2.75, 3.05) is 19.6 Å². The van der Waals surface area contributed by atoms with Crippen LogP contribution in [0.2, 0.25) is 0 Å². The van der Waals surface area contributed by atoms with Gasteiger partial charge in [-0.3, -0.25) is 9.58 Å². The van der Waals surface area contributed by atoms with E-state index in [1.807, 2.05) is 0 Å². The lowest BCUT2D eigenvalue weighted by molar-refractivity contribution is 0.0925. The molecule has 1 spiro atoms. The SMILES string of the molecule is CCc1cc(CN2CCNC3(CCCCC3)C2)n(CC)n1. The molecule has 0 radical (unpaired) electrons. The largest absolute Gasteiger partial charge is 0.309 e. The lowest BCUT2D eigenvalue weighted by Gasteiger charge is -2.46. The summed E-state index contributed by atoms with van der Waals surface area (Å²) in [4.78, 5) is 2.64. The maximum Gasteiger partial charge on any atom is 0.0625 e. The second-order valence-corrected chi connectivity index (χ2v) is 6.77. The average Bonchev–Trinajstić information content (AvgIpc) is 2.90. The van der Waals surface area contributed by atoms with E-state index >= 15 is 0 Å². The van der Waals surface area contributed by atoms with Gasteiger partial charge in [0.15, 0.2) is 0 Å². The maximum atomic E-state index is 4.69. The van der Waals surface area contributed by atoms with E-state index in [-0.39, 0.29) is 0 Å². The molecule has 1 saturated carbocycles. The number of aryl methyl sites for hydroxylation is 2. The number of hydrogen-bond acceptors (Lipinski definition) is 3. The van der Waals surface area contributed by atoms with Crippen molar-refractivity contribution in [1.82, 2.24) is 20.0 Å². The van der Waals surface area contributed by atoms with Crippen molar-refractivity contribution >= 4 is 0 Å². The van der Waals surface area contributed by atoms with E-state index in [1.54, 1.807) is 0 Å². The lowest BCUT2D eigenvalue weighted by Crippen LogP contribution is -2.60. The van der Waals surface area contributed by atoms with Crippen LogP contribution in [0.3, 0.4) is 0 Å². The van der Waals surface area contributed by atoms with Crippen LogP contribution in [-0.2, 0) is 19.5 Å². The Hall–Kier alpha value is -0.870. The Morgan fingerprint density at radius 1 is 1.24 bits per heavy atom. The molecule has 0 unspecified atom stereocenters. The normalized spacial score (nSPS) is 22.8. The number of aromatic nitrogens is 2. The number of nitrogens with zero attached hydrogens (tertiary/aromatic N) is 3. The van der Waals surface area contributed by atoms with Gasteiger partial charge in [-0.15, -0.1) is 0 Å². The van der Waals surface area contributed by atoms with E-state index in [1.165, 1.54) is 50.0 Å². The molecule has 2 fully saturated rings. The van der Waals surface area contributed by atoms with Crippen molar-refractivity contribution in [3.8, 4) is 0 Å². The van der Waals surface area contributed by atoms with Crippen LogP contribution >= 0.6 is 0 Å². The maximum absolute atomic E-state index is 4.69. The molecule has 0 bridgehead atoms. The van der Waals surface area contributed by atoms with Crippen LogP contribution in [0.4, 0.5) is 0 Å². The van der Waals surface area contributed by atoms with Crippen LogP contribution in [-0.4, -0.2) is 39.9 Å². The highest BCUT2D eigenvalue weighted by atomic mass is 15.3. The zero-order valence-corrected chi connectivity index (χ0v) is 13.7. The van der Waals surface area contributed by atoms with Gasteiger partial charge in [0.1, 0.15) is 0 Å². The van der Waals surface area contributed by atoms with Crippen LogP contribution in [0, 0.1) is 0 Å². The van der Waals surface area contributed by atoms with Gasteiger partial charge >= 0.3 is 0 Å². The molecular formula is C17H30N4. The third-order valence-electron chi connectivity index (χ3n) is 5.23. The quantitative estimate of drug-likeness (QED) is 0.925. The molecule has 2 aliphatic rings. The van der Waals surface area contributed by atoms with E-state index in [0.29, 0.717) is 5.54 Å². The first-order valence-electron chi connectivity index (χ1n) is 8.78. The monoisotopic (exact) mass is 290 g/mol. The molecule has 0 aromatic carbocycles. The first-order chi connectivity index (χ1) is 10.2. The summed E-state index contributed by atoms with van der Waals surface area (Å²) in [5.74, 6) is 0. The highest BCUT2D eigenvalue weighted by molar-refractivity contribution is 5.11. The summed E-state index contributed by atoms with van der Waals surface area (Å²) in [6, 6.07) is 2.30. The third-order valence-corrected chi connectivity index (χ3v) is 5.23. The van der Waals surface area contributed by atoms with Crippen molar-refractivity contribution in [2.24, 2.45) is 0 Å². The molecule has 4 heteroatoms. The van der Waals surface area contributed by atoms with Gasteiger partial charge in [0.25, 0.3) is 0 Å². The topological polar surface area (TPSA) is 33.1 Å². The van der Waals surface area contributed by atoms with Crippen LogP contribution in [0.15, 0.2) is 6.07 Å². The van der Waals surface area contributed by atoms with Gasteiger partial charge in [-0.05, 0) is 32.3 Å². The average molecular weight is 290 g/mol. The first-order valence-corrected chi connectivity index (χ1v) is 8.78. The number of nitrogens with one attached hydrogen (secondary N) is 1. The van der Waals surface area contributed by atoms with E-state index in [0.717, 1.165) is 32.6 Å². The predicted molar refractivity (Wildman–Crippen MR) is 86.4 cm³/mol. The molecule has 118 valence electrons. The third kappa shape index (κ3) is 3.32. The van der Waals surface area contributed by atoms with Gasteiger partial charge in [0.05, 0.1) is 11.4 Å². The minimum absolute atomic E-state index is 0.404. The molecule has 1 saturated heterocycles. The highest BCUT2D eigenvalue weighted by Crippen LogP contribution is 2.31. The summed E-state index contributed by atoms with van der Waals surface area (Å²) in [5.41, 5.74) is 3.03. The molecule has 0 atom stereocenters. The molecule has 1 aromatic heterocycles. The fraction of sp³-hybridized carbons (Fsp3) is 0.824. The Bertz CT molecular complexity index is 454. The van der Waals surface area contributed by atoms with Crippen molar-refractivity contribution < 1.29 is 0 Å². The zero-order chi connectivity index (χ0) is 14.7. The molecule has 2 heterocycles. The Morgan fingerprint density at radius 2 is 2.05 bits per heavy atom. The fourth-order valence-electron chi connectivity index (χ4n) is 4.06. The smallest absolute Gasteiger partial charge is 0.0625 e. The molecule has 1 aliphatic heterocycles. The van der Waals surface area contributed by atoms with Crippen LogP contribution < -0.4 is 5.32 Å². The Morgan fingerprint density at radius 3 is 2.76 bits per heavy atom. The van der Waals surface area contributed by atoms with Crippen LogP contribution in [0.1, 0.15) is 57.3 Å². The molecule has 1 aliphatic carbocycles. The van der Waals surface area contributed by atoms with Gasteiger partial charge in [0, 0.05) is 38.3 Å². The van der Waals surface area contributed by atoms with Gasteiger partial charge in [-0.2, -0.15) is 5.10 Å². The van der Waals surface area contributed by atoms with Gasteiger partial charge < -0.3 is 5.32 Å². The van der Waals surface area contributed by atoms with E-state index in [2.05, 4.69) is 34.8 Å². The molecule has 0 amide bonds. The van der Waals surface area contributed by atoms with E-state index in [4.69, 9.17) is 5.10 Å². The van der Waals surface area contributed by atoms with Crippen molar-refractivity contribution in [1.29, 1.82) is 0 Å². The van der Waals surface area contributed by atoms with Crippen molar-refractivity contribution in [3.63, 3.8) is 0 Å². The van der Waals surface area contributed by atoms with Crippen LogP contribution in [0.25, 0.3) is 0 Å². The predicted octanol–water partition coefficient (Wildman–Crippen LogP) is 2.57. The van der Waals surface area contributed by atoms with E-state index < -0.39 is 0 Å². The summed E-state index contributed by atoms with van der Waals surface area (Å²) >= 11 is 0. The molecule has 1 N–H and O–H groups in total. The summed E-state index contributed by atoms with van der Waals surface area (Å²) in [6.07, 6.45) is 7.96. The summed E-state index contributed by atoms with van der Waals surface area (Å²) in [7, 11) is 0. The van der Waals surface area contributed by atoms with Crippen molar-refractivity contribution in [3.05, 3.63) is 17.5 Å². The van der Waals surface area contributed by atoms with E-state index in [9.17, 15) is 0 Å². The second kappa shape index (κ2) is 6.49. The molecule has 1 aromatic rings. The standard InChI is InChI=1S/C17H30N4/c1-3-15-12-16(21(4-2)19-15)13-20-11-10-18-17(14-20)8-6-5-7-9-17/h12,18H,3-11,13-14H2,1-2H3. The highest BCUT2D eigenvalue weighted by Gasteiger charge is 2.36. The Kier molecular flexibility index (Phi) is 4.65. The minimum atomic E-state index is 0.404. The Labute approximate surface area is 128 Å². The molecule has 4 nitrogen and oxygen atoms in total.